The van der Waals surface area contributed by atoms with E-state index < -0.39 is 0 Å². The molecule has 4 nitrogen and oxygen atoms in total. The van der Waals surface area contributed by atoms with Crippen LogP contribution in [0.4, 0.5) is 5.69 Å². The molecule has 0 amide bonds. The molecule has 2 aromatic carbocycles. The van der Waals surface area contributed by atoms with E-state index in [1.54, 1.807) is 0 Å². The van der Waals surface area contributed by atoms with E-state index in [0.717, 1.165) is 48.0 Å². The van der Waals surface area contributed by atoms with Crippen molar-refractivity contribution in [2.75, 3.05) is 37.7 Å². The van der Waals surface area contributed by atoms with Gasteiger partial charge in [-0.15, -0.1) is 0 Å². The van der Waals surface area contributed by atoms with Crippen LogP contribution in [0.5, 0.6) is 5.75 Å². The fraction of sp³-hybridized carbons (Fsp3) is 0.435. The highest BCUT2D eigenvalue weighted by Crippen LogP contribution is 2.26. The van der Waals surface area contributed by atoms with E-state index >= 15 is 0 Å². The molecule has 1 saturated heterocycles. The smallest absolute Gasteiger partial charge is 0.224 e. The highest BCUT2D eigenvalue weighted by atomic mass is 35.5. The van der Waals surface area contributed by atoms with Crippen LogP contribution in [0.15, 0.2) is 47.3 Å². The molecule has 0 aromatic heterocycles. The molecule has 150 valence electrons. The van der Waals surface area contributed by atoms with Crippen LogP contribution in [0.3, 0.4) is 0 Å². The first-order chi connectivity index (χ1) is 13.5. The Bertz CT molecular complexity index is 861. The number of ether oxygens (including phenoxy) is 1. The van der Waals surface area contributed by atoms with Crippen molar-refractivity contribution in [2.24, 2.45) is 0 Å². The van der Waals surface area contributed by atoms with Gasteiger partial charge in [0.1, 0.15) is 0 Å². The summed E-state index contributed by atoms with van der Waals surface area (Å²) in [6.45, 7) is 10.9. The molecule has 2 aromatic rings. The third kappa shape index (κ3) is 4.86. The summed E-state index contributed by atoms with van der Waals surface area (Å²) in [5, 5.41) is 0.787. The van der Waals surface area contributed by atoms with E-state index in [1.807, 2.05) is 37.3 Å². The lowest BCUT2D eigenvalue weighted by Gasteiger charge is -2.36. The van der Waals surface area contributed by atoms with Crippen molar-refractivity contribution in [1.29, 1.82) is 0 Å². The van der Waals surface area contributed by atoms with E-state index in [-0.39, 0.29) is 5.43 Å². The number of nitrogens with zero attached hydrogens (tertiary/aromatic N) is 2. The Morgan fingerprint density at radius 1 is 1.07 bits per heavy atom. The second-order valence-corrected chi connectivity index (χ2v) is 7.91. The van der Waals surface area contributed by atoms with Gasteiger partial charge >= 0.3 is 0 Å². The number of para-hydroxylation sites is 1. The molecule has 5 heteroatoms. The van der Waals surface area contributed by atoms with Crippen molar-refractivity contribution >= 4 is 17.3 Å². The quantitative estimate of drug-likeness (QED) is 0.712. The minimum absolute atomic E-state index is 0.00211. The largest absolute Gasteiger partial charge is 0.490 e. The molecule has 0 bridgehead atoms. The zero-order valence-electron chi connectivity index (χ0n) is 17.0. The maximum Gasteiger partial charge on any atom is 0.224 e. The van der Waals surface area contributed by atoms with Crippen molar-refractivity contribution in [3.63, 3.8) is 0 Å². The fourth-order valence-electron chi connectivity index (χ4n) is 3.54. The Hall–Kier alpha value is -2.04. The third-order valence-electron chi connectivity index (χ3n) is 5.22. The molecule has 0 N–H and O–H groups in total. The fourth-order valence-corrected chi connectivity index (χ4v) is 3.79. The minimum Gasteiger partial charge on any atom is -0.490 e. The average Bonchev–Trinajstić information content (AvgIpc) is 2.84. The molecule has 1 heterocycles. The Morgan fingerprint density at radius 2 is 1.79 bits per heavy atom. The zero-order valence-corrected chi connectivity index (χ0v) is 17.7. The van der Waals surface area contributed by atoms with Crippen LogP contribution in [0.2, 0.25) is 5.02 Å². The standard InChI is InChI=1S/C23H29ClN2O2/c1-4-28-22-15-18(17(2)3)9-10-19(23(22)27)16-25-11-13-26(14-12-25)21-8-6-5-7-20(21)24/h5-10,15,17H,4,11-14,16H2,1-3H3. The number of rotatable bonds is 6. The van der Waals surface area contributed by atoms with Crippen LogP contribution in [0.1, 0.15) is 37.8 Å². The molecular formula is C23H29ClN2O2. The summed E-state index contributed by atoms with van der Waals surface area (Å²) >= 11 is 6.34. The molecule has 3 rings (SSSR count). The van der Waals surface area contributed by atoms with Gasteiger partial charge in [0.25, 0.3) is 0 Å². The Balaban J connectivity index is 1.74. The third-order valence-corrected chi connectivity index (χ3v) is 5.54. The number of piperazine rings is 1. The highest BCUT2D eigenvalue weighted by molar-refractivity contribution is 6.33. The van der Waals surface area contributed by atoms with Crippen LogP contribution in [0.25, 0.3) is 0 Å². The van der Waals surface area contributed by atoms with E-state index in [2.05, 4.69) is 35.8 Å². The maximum absolute atomic E-state index is 13.0. The van der Waals surface area contributed by atoms with Gasteiger partial charge in [-0.2, -0.15) is 0 Å². The summed E-state index contributed by atoms with van der Waals surface area (Å²) < 4.78 is 5.65. The van der Waals surface area contributed by atoms with E-state index in [4.69, 9.17) is 16.3 Å². The van der Waals surface area contributed by atoms with Crippen LogP contribution in [-0.2, 0) is 6.54 Å². The topological polar surface area (TPSA) is 32.8 Å². The zero-order chi connectivity index (χ0) is 20.1. The van der Waals surface area contributed by atoms with E-state index in [9.17, 15) is 4.79 Å². The molecule has 0 saturated carbocycles. The molecule has 28 heavy (non-hydrogen) atoms. The summed E-state index contributed by atoms with van der Waals surface area (Å²) in [5.41, 5.74) is 3.00. The molecule has 0 unspecified atom stereocenters. The van der Waals surface area contributed by atoms with Gasteiger partial charge in [-0.05, 0) is 36.6 Å². The van der Waals surface area contributed by atoms with Gasteiger partial charge in [-0.1, -0.05) is 49.7 Å². The first-order valence-corrected chi connectivity index (χ1v) is 10.4. The lowest BCUT2D eigenvalue weighted by Crippen LogP contribution is -2.46. The van der Waals surface area contributed by atoms with Crippen molar-refractivity contribution in [3.05, 3.63) is 68.8 Å². The Kier molecular flexibility index (Phi) is 6.97. The first-order valence-electron chi connectivity index (χ1n) is 10.0. The highest BCUT2D eigenvalue weighted by Gasteiger charge is 2.20. The van der Waals surface area contributed by atoms with Crippen LogP contribution >= 0.6 is 11.6 Å². The van der Waals surface area contributed by atoms with Crippen LogP contribution in [0, 0.1) is 0 Å². The number of hydrogen-bond donors (Lipinski definition) is 0. The van der Waals surface area contributed by atoms with Crippen LogP contribution in [-0.4, -0.2) is 37.7 Å². The van der Waals surface area contributed by atoms with Gasteiger partial charge in [0, 0.05) is 38.3 Å². The summed E-state index contributed by atoms with van der Waals surface area (Å²) in [6, 6.07) is 13.9. The van der Waals surface area contributed by atoms with Gasteiger partial charge in [-0.25, -0.2) is 0 Å². The number of hydrogen-bond acceptors (Lipinski definition) is 4. The van der Waals surface area contributed by atoms with Crippen molar-refractivity contribution in [3.8, 4) is 5.75 Å². The number of halogens is 1. The second kappa shape index (κ2) is 9.44. The summed E-state index contributed by atoms with van der Waals surface area (Å²) in [5.74, 6) is 0.805. The minimum atomic E-state index is 0.00211. The Labute approximate surface area is 172 Å². The average molecular weight is 401 g/mol. The lowest BCUT2D eigenvalue weighted by molar-refractivity contribution is 0.248. The summed E-state index contributed by atoms with van der Waals surface area (Å²) in [4.78, 5) is 17.6. The molecule has 1 fully saturated rings. The summed E-state index contributed by atoms with van der Waals surface area (Å²) in [7, 11) is 0. The second-order valence-electron chi connectivity index (χ2n) is 7.50. The predicted octanol–water partition coefficient (Wildman–Crippen LogP) is 4.54. The van der Waals surface area contributed by atoms with E-state index in [0.29, 0.717) is 24.8 Å². The van der Waals surface area contributed by atoms with Crippen LogP contribution < -0.4 is 15.1 Å². The SMILES string of the molecule is CCOc1cc(C(C)C)ccc(CN2CCN(c3ccccc3Cl)CC2)c1=O. The molecular weight excluding hydrogens is 372 g/mol. The van der Waals surface area contributed by atoms with Crippen molar-refractivity contribution in [1.82, 2.24) is 4.90 Å². The predicted molar refractivity (Wildman–Crippen MR) is 117 cm³/mol. The molecule has 0 spiro atoms. The van der Waals surface area contributed by atoms with Gasteiger partial charge in [-0.3, -0.25) is 9.69 Å². The maximum atomic E-state index is 13.0. The number of benzene rings is 1. The first kappa shape index (κ1) is 20.7. The molecule has 0 aliphatic carbocycles. The molecule has 0 atom stereocenters. The van der Waals surface area contributed by atoms with Gasteiger partial charge in [0.05, 0.1) is 17.3 Å². The Morgan fingerprint density at radius 3 is 2.43 bits per heavy atom. The van der Waals surface area contributed by atoms with Crippen molar-refractivity contribution < 1.29 is 4.74 Å². The van der Waals surface area contributed by atoms with Gasteiger partial charge in [0.2, 0.25) is 5.43 Å². The normalized spacial score (nSPS) is 15.1. The monoisotopic (exact) mass is 400 g/mol. The van der Waals surface area contributed by atoms with E-state index in [1.165, 1.54) is 0 Å². The molecule has 0 radical (unpaired) electrons. The molecule has 1 aliphatic rings. The molecule has 1 aliphatic heterocycles. The van der Waals surface area contributed by atoms with Gasteiger partial charge in [0.15, 0.2) is 5.75 Å². The number of anilines is 1. The lowest BCUT2D eigenvalue weighted by atomic mass is 10.1. The van der Waals surface area contributed by atoms with Gasteiger partial charge < -0.3 is 9.64 Å². The van der Waals surface area contributed by atoms with Crippen molar-refractivity contribution in [2.45, 2.75) is 33.2 Å². The summed E-state index contributed by atoms with van der Waals surface area (Å²) in [6.07, 6.45) is 0.